The highest BCUT2D eigenvalue weighted by Crippen LogP contribution is 2.32. The van der Waals surface area contributed by atoms with Crippen LogP contribution in [0.3, 0.4) is 0 Å². The standard InChI is InChI=1S/C30H25N3O6S/c1-18-26(28(36)32-21-8-4-3-5-9-21)27(20-7-6-10-23(16-20)38-2)33-29(37)24(40-30(33)31-18)15-19-11-13-22(14-12-19)39-17-25(34)35/h3-16,27H,17H2,1-2H3,(H,32,36)(H,34,35)/t27-/m1/s1. The number of benzene rings is 3. The van der Waals surface area contributed by atoms with Gasteiger partial charge in [0.05, 0.1) is 29.0 Å². The summed E-state index contributed by atoms with van der Waals surface area (Å²) in [5, 5.41) is 11.7. The summed E-state index contributed by atoms with van der Waals surface area (Å²) >= 11 is 1.23. The van der Waals surface area contributed by atoms with Crippen LogP contribution in [0.2, 0.25) is 0 Å². The van der Waals surface area contributed by atoms with E-state index < -0.39 is 18.6 Å². The molecule has 2 heterocycles. The fourth-order valence-corrected chi connectivity index (χ4v) is 5.46. The van der Waals surface area contributed by atoms with Crippen molar-refractivity contribution in [2.45, 2.75) is 13.0 Å². The number of aromatic nitrogens is 1. The third-order valence-electron chi connectivity index (χ3n) is 6.25. The number of nitrogens with one attached hydrogen (secondary N) is 1. The van der Waals surface area contributed by atoms with E-state index >= 15 is 0 Å². The molecule has 1 aromatic heterocycles. The van der Waals surface area contributed by atoms with Gasteiger partial charge in [0.25, 0.3) is 11.5 Å². The average molecular weight is 556 g/mol. The van der Waals surface area contributed by atoms with Crippen molar-refractivity contribution in [1.82, 2.24) is 4.57 Å². The molecule has 9 nitrogen and oxygen atoms in total. The zero-order valence-electron chi connectivity index (χ0n) is 21.7. The second-order valence-corrected chi connectivity index (χ2v) is 9.94. The Labute approximate surface area is 233 Å². The summed E-state index contributed by atoms with van der Waals surface area (Å²) in [5.41, 5.74) is 2.64. The van der Waals surface area contributed by atoms with Crippen LogP contribution in [0, 0.1) is 0 Å². The molecule has 0 fully saturated rings. The Bertz CT molecular complexity index is 1790. The van der Waals surface area contributed by atoms with Gasteiger partial charge in [0.15, 0.2) is 11.4 Å². The van der Waals surface area contributed by atoms with Crippen LogP contribution in [-0.2, 0) is 9.59 Å². The van der Waals surface area contributed by atoms with Crippen molar-refractivity contribution >= 4 is 35.0 Å². The average Bonchev–Trinajstić information content (AvgIpc) is 3.26. The minimum Gasteiger partial charge on any atom is -0.497 e. The maximum absolute atomic E-state index is 13.8. The van der Waals surface area contributed by atoms with Crippen LogP contribution < -0.4 is 29.7 Å². The fourth-order valence-electron chi connectivity index (χ4n) is 4.42. The molecule has 40 heavy (non-hydrogen) atoms. The van der Waals surface area contributed by atoms with Crippen LogP contribution in [0.1, 0.15) is 24.1 Å². The third kappa shape index (κ3) is 5.57. The van der Waals surface area contributed by atoms with Gasteiger partial charge >= 0.3 is 5.97 Å². The van der Waals surface area contributed by atoms with Crippen LogP contribution >= 0.6 is 11.3 Å². The Morgan fingerprint density at radius 2 is 1.80 bits per heavy atom. The highest BCUT2D eigenvalue weighted by atomic mass is 32.1. The van der Waals surface area contributed by atoms with E-state index in [9.17, 15) is 14.4 Å². The van der Waals surface area contributed by atoms with Crippen LogP contribution in [0.25, 0.3) is 6.08 Å². The van der Waals surface area contributed by atoms with E-state index in [0.717, 1.165) is 5.56 Å². The highest BCUT2D eigenvalue weighted by Gasteiger charge is 2.32. The Kier molecular flexibility index (Phi) is 7.61. The lowest BCUT2D eigenvalue weighted by molar-refractivity contribution is -0.139. The number of aliphatic carboxylic acids is 1. The summed E-state index contributed by atoms with van der Waals surface area (Å²) in [6.45, 7) is 1.32. The number of fused-ring (bicyclic) bond motifs is 1. The molecule has 0 bridgehead atoms. The molecule has 0 spiro atoms. The van der Waals surface area contributed by atoms with Crippen LogP contribution in [0.5, 0.6) is 11.5 Å². The number of nitrogens with zero attached hydrogens (tertiary/aromatic N) is 2. The molecular formula is C30H25N3O6S. The van der Waals surface area contributed by atoms with Gasteiger partial charge in [0.1, 0.15) is 11.5 Å². The molecule has 0 unspecified atom stereocenters. The summed E-state index contributed by atoms with van der Waals surface area (Å²) in [5.74, 6) is -0.416. The van der Waals surface area contributed by atoms with Crippen molar-refractivity contribution in [3.05, 3.63) is 121 Å². The lowest BCUT2D eigenvalue weighted by atomic mass is 9.95. The molecule has 1 amide bonds. The summed E-state index contributed by atoms with van der Waals surface area (Å²) in [6, 6.07) is 22.4. The number of hydrogen-bond donors (Lipinski definition) is 2. The van der Waals surface area contributed by atoms with Crippen LogP contribution in [-0.4, -0.2) is 35.3 Å². The van der Waals surface area contributed by atoms with E-state index in [0.29, 0.717) is 43.4 Å². The Morgan fingerprint density at radius 1 is 1.05 bits per heavy atom. The molecule has 1 atom stereocenters. The first-order chi connectivity index (χ1) is 19.3. The van der Waals surface area contributed by atoms with E-state index in [-0.39, 0.29) is 11.5 Å². The molecule has 0 saturated carbocycles. The maximum Gasteiger partial charge on any atom is 0.341 e. The molecule has 0 aliphatic carbocycles. The summed E-state index contributed by atoms with van der Waals surface area (Å²) in [7, 11) is 1.56. The number of carbonyl (C=O) groups is 2. The molecule has 0 saturated heterocycles. The molecular weight excluding hydrogens is 530 g/mol. The predicted octanol–water partition coefficient (Wildman–Crippen LogP) is 3.35. The number of ether oxygens (including phenoxy) is 2. The summed E-state index contributed by atoms with van der Waals surface area (Å²) < 4.78 is 12.6. The van der Waals surface area contributed by atoms with Gasteiger partial charge in [-0.1, -0.05) is 53.8 Å². The zero-order chi connectivity index (χ0) is 28.2. The number of amides is 1. The number of carboxylic acid groups (broad SMARTS) is 1. The number of thiazole rings is 1. The lowest BCUT2D eigenvalue weighted by Crippen LogP contribution is -2.40. The van der Waals surface area contributed by atoms with Crippen molar-refractivity contribution in [2.75, 3.05) is 19.0 Å². The number of para-hydroxylation sites is 1. The van der Waals surface area contributed by atoms with E-state index in [1.165, 1.54) is 11.3 Å². The fraction of sp³-hybridized carbons (Fsp3) is 0.133. The van der Waals surface area contributed by atoms with E-state index in [4.69, 9.17) is 14.6 Å². The SMILES string of the molecule is COc1cccc([C@@H]2C(C(=O)Nc3ccccc3)=C(C)N=c3sc(=Cc4ccc(OCC(=O)O)cc4)c(=O)n32)c1. The van der Waals surface area contributed by atoms with E-state index in [2.05, 4.69) is 10.3 Å². The number of allylic oxidation sites excluding steroid dienone is 1. The summed E-state index contributed by atoms with van der Waals surface area (Å²) in [4.78, 5) is 43.4. The van der Waals surface area contributed by atoms with Gasteiger partial charge in [-0.15, -0.1) is 0 Å². The molecule has 1 aliphatic rings. The smallest absolute Gasteiger partial charge is 0.341 e. The molecule has 2 N–H and O–H groups in total. The monoisotopic (exact) mass is 555 g/mol. The second kappa shape index (κ2) is 11.4. The van der Waals surface area contributed by atoms with Crippen molar-refractivity contribution < 1.29 is 24.2 Å². The Morgan fingerprint density at radius 3 is 2.50 bits per heavy atom. The largest absolute Gasteiger partial charge is 0.497 e. The van der Waals surface area contributed by atoms with Gasteiger partial charge in [-0.3, -0.25) is 14.2 Å². The quantitative estimate of drug-likeness (QED) is 0.344. The highest BCUT2D eigenvalue weighted by molar-refractivity contribution is 7.07. The molecule has 202 valence electrons. The van der Waals surface area contributed by atoms with Gasteiger partial charge in [-0.25, -0.2) is 9.79 Å². The van der Waals surface area contributed by atoms with Crippen molar-refractivity contribution in [3.8, 4) is 11.5 Å². The molecule has 0 radical (unpaired) electrons. The van der Waals surface area contributed by atoms with E-state index in [1.54, 1.807) is 67.1 Å². The van der Waals surface area contributed by atoms with Crippen molar-refractivity contribution in [3.63, 3.8) is 0 Å². The topological polar surface area (TPSA) is 119 Å². The molecule has 10 heteroatoms. The molecule has 4 aromatic rings. The van der Waals surface area contributed by atoms with Crippen LogP contribution in [0.15, 0.2) is 99.9 Å². The van der Waals surface area contributed by atoms with Gasteiger partial charge in [-0.2, -0.15) is 0 Å². The zero-order valence-corrected chi connectivity index (χ0v) is 22.5. The minimum atomic E-state index is -1.07. The maximum atomic E-state index is 13.8. The van der Waals surface area contributed by atoms with Crippen LogP contribution in [0.4, 0.5) is 5.69 Å². The second-order valence-electron chi connectivity index (χ2n) is 8.93. The van der Waals surface area contributed by atoms with Gasteiger partial charge in [0, 0.05) is 5.69 Å². The van der Waals surface area contributed by atoms with Gasteiger partial charge in [0.2, 0.25) is 0 Å². The third-order valence-corrected chi connectivity index (χ3v) is 7.23. The first-order valence-corrected chi connectivity index (χ1v) is 13.1. The number of methoxy groups -OCH3 is 1. The first kappa shape index (κ1) is 26.6. The van der Waals surface area contributed by atoms with Gasteiger partial charge in [-0.05, 0) is 60.5 Å². The molecule has 3 aromatic carbocycles. The Balaban J connectivity index is 1.59. The number of anilines is 1. The lowest BCUT2D eigenvalue weighted by Gasteiger charge is -2.25. The van der Waals surface area contributed by atoms with Crippen molar-refractivity contribution in [1.29, 1.82) is 0 Å². The molecule has 1 aliphatic heterocycles. The van der Waals surface area contributed by atoms with Gasteiger partial charge < -0.3 is 19.9 Å². The first-order valence-electron chi connectivity index (χ1n) is 12.3. The normalized spacial score (nSPS) is 14.8. The van der Waals surface area contributed by atoms with E-state index in [1.807, 2.05) is 36.4 Å². The number of carbonyl (C=O) groups excluding carboxylic acids is 1. The summed E-state index contributed by atoms with van der Waals surface area (Å²) in [6.07, 6.45) is 1.73. The number of hydrogen-bond acceptors (Lipinski definition) is 7. The van der Waals surface area contributed by atoms with Crippen molar-refractivity contribution in [2.24, 2.45) is 4.99 Å². The number of carboxylic acids is 1. The minimum absolute atomic E-state index is 0.291. The number of rotatable bonds is 8. The predicted molar refractivity (Wildman–Crippen MR) is 151 cm³/mol. The molecule has 5 rings (SSSR count). The Hall–Kier alpha value is -4.96.